The Balaban J connectivity index is 1.27. The highest BCUT2D eigenvalue weighted by Crippen LogP contribution is 2.45. The van der Waals surface area contributed by atoms with Crippen molar-refractivity contribution in [1.29, 1.82) is 10.5 Å². The molecule has 0 aliphatic rings. The molecule has 0 radical (unpaired) electrons. The lowest BCUT2D eigenvalue weighted by Gasteiger charge is -2.12. The molecule has 226 valence electrons. The van der Waals surface area contributed by atoms with Crippen LogP contribution in [0.5, 0.6) is 0 Å². The molecule has 0 bridgehead atoms. The van der Waals surface area contributed by atoms with Gasteiger partial charge in [0.25, 0.3) is 0 Å². The predicted molar refractivity (Wildman–Crippen MR) is 195 cm³/mol. The summed E-state index contributed by atoms with van der Waals surface area (Å²) in [7, 11) is 0. The van der Waals surface area contributed by atoms with Crippen LogP contribution in [0.15, 0.2) is 151 Å². The molecule has 9 rings (SSSR count). The van der Waals surface area contributed by atoms with Crippen molar-refractivity contribution in [2.24, 2.45) is 0 Å². The lowest BCUT2D eigenvalue weighted by molar-refractivity contribution is 0.670. The molecule has 49 heavy (non-hydrogen) atoms. The third-order valence-electron chi connectivity index (χ3n) is 9.24. The third-order valence-corrected chi connectivity index (χ3v) is 9.24. The lowest BCUT2D eigenvalue weighted by Crippen LogP contribution is -1.87. The molecule has 0 aliphatic heterocycles. The van der Waals surface area contributed by atoms with Crippen LogP contribution in [0, 0.1) is 22.7 Å². The number of aromatic nitrogens is 2. The van der Waals surface area contributed by atoms with Gasteiger partial charge in [0, 0.05) is 46.7 Å². The number of hydrogen-bond acceptors (Lipinski definition) is 5. The maximum Gasteiger partial charge on any atom is 0.136 e. The Bertz CT molecular complexity index is 2680. The minimum Gasteiger partial charge on any atom is -0.456 e. The summed E-state index contributed by atoms with van der Waals surface area (Å²) in [6.45, 7) is 0. The van der Waals surface area contributed by atoms with Crippen molar-refractivity contribution in [3.8, 4) is 56.6 Å². The first kappa shape index (κ1) is 28.2. The SMILES string of the molecule is N#Cc1cncc(-c2cccc(-c3cc4oc5cc(-c6cccc(-c7cncc(C#N)c7)c6)c6ccccc6c5c4c4ccccc34)c2)c1. The second-order valence-corrected chi connectivity index (χ2v) is 12.1. The van der Waals surface area contributed by atoms with E-state index >= 15 is 0 Å². The Kier molecular flexibility index (Phi) is 6.50. The summed E-state index contributed by atoms with van der Waals surface area (Å²) < 4.78 is 6.79. The fraction of sp³-hybridized carbons (Fsp3) is 0. The van der Waals surface area contributed by atoms with Gasteiger partial charge in [-0.25, -0.2) is 0 Å². The van der Waals surface area contributed by atoms with Gasteiger partial charge in [-0.05, 0) is 91.3 Å². The largest absolute Gasteiger partial charge is 0.456 e. The second-order valence-electron chi connectivity index (χ2n) is 12.1. The van der Waals surface area contributed by atoms with Crippen molar-refractivity contribution in [3.63, 3.8) is 0 Å². The van der Waals surface area contributed by atoms with Gasteiger partial charge in [0.15, 0.2) is 0 Å². The van der Waals surface area contributed by atoms with Crippen LogP contribution in [-0.4, -0.2) is 9.97 Å². The number of rotatable bonds is 4. The topological polar surface area (TPSA) is 86.5 Å². The van der Waals surface area contributed by atoms with Gasteiger partial charge in [-0.15, -0.1) is 0 Å². The molecule has 0 amide bonds. The normalized spacial score (nSPS) is 11.2. The molecule has 0 N–H and O–H groups in total. The first-order valence-electron chi connectivity index (χ1n) is 15.9. The molecule has 0 saturated carbocycles. The zero-order chi connectivity index (χ0) is 32.9. The average Bonchev–Trinajstić information content (AvgIpc) is 3.56. The molecular weight excluding hydrogens is 601 g/mol. The number of fused-ring (bicyclic) bond motifs is 7. The van der Waals surface area contributed by atoms with Gasteiger partial charge < -0.3 is 4.42 Å². The van der Waals surface area contributed by atoms with E-state index in [1.165, 1.54) is 0 Å². The molecule has 6 aromatic carbocycles. The molecule has 9 aromatic rings. The minimum absolute atomic E-state index is 0.528. The fourth-order valence-corrected chi connectivity index (χ4v) is 7.02. The third kappa shape index (κ3) is 4.69. The Labute approximate surface area is 281 Å². The first-order valence-corrected chi connectivity index (χ1v) is 15.9. The van der Waals surface area contributed by atoms with Gasteiger partial charge in [0.1, 0.15) is 23.3 Å². The molecule has 0 fully saturated rings. The van der Waals surface area contributed by atoms with E-state index in [9.17, 15) is 10.5 Å². The standard InChI is InChI=1S/C44H24N4O/c45-21-27-15-33(25-47-23-27)29-7-5-9-31(17-29)39-19-41-43(37-13-3-1-11-35(37)39)44-38-14-4-2-12-36(38)40(20-42(44)49-41)32-10-6-8-30(18-32)34-16-28(22-46)24-48-26-34/h1-20,23-26H. The fourth-order valence-electron chi connectivity index (χ4n) is 7.02. The molecular formula is C44H24N4O. The maximum absolute atomic E-state index is 9.43. The van der Waals surface area contributed by atoms with Crippen LogP contribution < -0.4 is 0 Å². The van der Waals surface area contributed by atoms with E-state index in [-0.39, 0.29) is 0 Å². The van der Waals surface area contributed by atoms with Crippen LogP contribution in [0.3, 0.4) is 0 Å². The quantitative estimate of drug-likeness (QED) is 0.194. The van der Waals surface area contributed by atoms with Crippen LogP contribution in [0.4, 0.5) is 0 Å². The first-order chi connectivity index (χ1) is 24.2. The van der Waals surface area contributed by atoms with Gasteiger partial charge in [-0.1, -0.05) is 84.9 Å². The number of hydrogen-bond donors (Lipinski definition) is 0. The van der Waals surface area contributed by atoms with E-state index in [2.05, 4.69) is 107 Å². The van der Waals surface area contributed by atoms with E-state index in [1.54, 1.807) is 24.8 Å². The second kappa shape index (κ2) is 11.3. The molecule has 3 aromatic heterocycles. The highest BCUT2D eigenvalue weighted by atomic mass is 16.3. The minimum atomic E-state index is 0.528. The number of benzene rings is 6. The van der Waals surface area contributed by atoms with Crippen LogP contribution in [0.25, 0.3) is 88.0 Å². The van der Waals surface area contributed by atoms with E-state index in [4.69, 9.17) is 4.42 Å². The van der Waals surface area contributed by atoms with Crippen LogP contribution >= 0.6 is 0 Å². The Hall–Kier alpha value is -7.08. The Morgan fingerprint density at radius 1 is 0.408 bits per heavy atom. The van der Waals surface area contributed by atoms with Gasteiger partial charge in [0.2, 0.25) is 0 Å². The predicted octanol–water partition coefficient (Wildman–Crippen LogP) is 11.1. The Morgan fingerprint density at radius 2 is 0.837 bits per heavy atom. The van der Waals surface area contributed by atoms with Gasteiger partial charge >= 0.3 is 0 Å². The zero-order valence-electron chi connectivity index (χ0n) is 26.1. The highest BCUT2D eigenvalue weighted by Gasteiger charge is 2.19. The number of furan rings is 1. The van der Waals surface area contributed by atoms with E-state index < -0.39 is 0 Å². The van der Waals surface area contributed by atoms with Crippen molar-refractivity contribution in [3.05, 3.63) is 157 Å². The summed E-state index contributed by atoms with van der Waals surface area (Å²) in [6, 6.07) is 46.2. The van der Waals surface area contributed by atoms with Crippen molar-refractivity contribution in [2.75, 3.05) is 0 Å². The monoisotopic (exact) mass is 624 g/mol. The van der Waals surface area contributed by atoms with Crippen molar-refractivity contribution in [1.82, 2.24) is 9.97 Å². The molecule has 5 heteroatoms. The molecule has 0 aliphatic carbocycles. The van der Waals surface area contributed by atoms with Crippen molar-refractivity contribution < 1.29 is 4.42 Å². The molecule has 0 saturated heterocycles. The maximum atomic E-state index is 9.43. The summed E-state index contributed by atoms with van der Waals surface area (Å²) in [5.41, 5.74) is 10.7. The molecule has 0 unspecified atom stereocenters. The summed E-state index contributed by atoms with van der Waals surface area (Å²) in [5, 5.41) is 25.6. The van der Waals surface area contributed by atoms with Gasteiger partial charge in [-0.3, -0.25) is 9.97 Å². The number of nitriles is 2. The number of pyridine rings is 2. The van der Waals surface area contributed by atoms with Crippen molar-refractivity contribution >= 4 is 43.5 Å². The summed E-state index contributed by atoms with van der Waals surface area (Å²) in [6.07, 6.45) is 6.74. The van der Waals surface area contributed by atoms with E-state index in [1.807, 2.05) is 36.4 Å². The van der Waals surface area contributed by atoms with Gasteiger partial charge in [-0.2, -0.15) is 10.5 Å². The van der Waals surface area contributed by atoms with Gasteiger partial charge in [0.05, 0.1) is 11.1 Å². The van der Waals surface area contributed by atoms with Crippen LogP contribution in [0.1, 0.15) is 11.1 Å². The van der Waals surface area contributed by atoms with Crippen LogP contribution in [0.2, 0.25) is 0 Å². The summed E-state index contributed by atoms with van der Waals surface area (Å²) in [4.78, 5) is 8.56. The average molecular weight is 625 g/mol. The number of nitrogens with zero attached hydrogens (tertiary/aromatic N) is 4. The lowest BCUT2D eigenvalue weighted by atomic mass is 9.90. The van der Waals surface area contributed by atoms with E-state index in [0.29, 0.717) is 11.1 Å². The van der Waals surface area contributed by atoms with E-state index in [0.717, 1.165) is 88.0 Å². The van der Waals surface area contributed by atoms with Crippen LogP contribution in [-0.2, 0) is 0 Å². The smallest absolute Gasteiger partial charge is 0.136 e. The molecule has 0 spiro atoms. The van der Waals surface area contributed by atoms with Crippen molar-refractivity contribution in [2.45, 2.75) is 0 Å². The molecule has 3 heterocycles. The highest BCUT2D eigenvalue weighted by molar-refractivity contribution is 6.29. The Morgan fingerprint density at radius 3 is 1.29 bits per heavy atom. The summed E-state index contributed by atoms with van der Waals surface area (Å²) in [5.74, 6) is 0. The molecule has 0 atom stereocenters. The summed E-state index contributed by atoms with van der Waals surface area (Å²) >= 11 is 0. The zero-order valence-corrected chi connectivity index (χ0v) is 26.1. The molecule has 5 nitrogen and oxygen atoms in total.